The van der Waals surface area contributed by atoms with E-state index in [1.807, 2.05) is 31.2 Å². The van der Waals surface area contributed by atoms with Crippen molar-refractivity contribution in [1.82, 2.24) is 14.9 Å². The maximum atomic E-state index is 15.2. The molecular formula is C35H34F7N3O2. The van der Waals surface area contributed by atoms with Crippen molar-refractivity contribution in [1.29, 1.82) is 0 Å². The van der Waals surface area contributed by atoms with Crippen LogP contribution in [0.3, 0.4) is 0 Å². The summed E-state index contributed by atoms with van der Waals surface area (Å²) < 4.78 is 98.8. The lowest BCUT2D eigenvalue weighted by atomic mass is 9.89. The standard InChI is InChI=1S/C35H34F7N3O2/c1-2-3-9-22-11-8-15-27-26-13-6-7-14-28(26)30(29(22)27)32(47)45(21-33(36,37)34(38,39)35(40,41)42)43-18-16-24(17-19-43)44-20-23-10-4-5-12-25(23)31(44)46/h4-8,10-15,24,30H,2-3,9,16-21H2,1H3. The SMILES string of the molecule is CCCCc1cccc2c1C(C(=O)N(CC(F)(F)C(F)(F)C(F)(F)F)N1CCC(N3Cc4ccccc4C3=O)CC1)c1ccccc1-2. The zero-order valence-corrected chi connectivity index (χ0v) is 25.7. The molecule has 2 aliphatic heterocycles. The lowest BCUT2D eigenvalue weighted by molar-refractivity contribution is -0.359. The molecule has 2 heterocycles. The van der Waals surface area contributed by atoms with Gasteiger partial charge in [-0.05, 0) is 65.1 Å². The number of hydrogen-bond donors (Lipinski definition) is 0. The topological polar surface area (TPSA) is 43.9 Å². The summed E-state index contributed by atoms with van der Waals surface area (Å²) >= 11 is 0. The minimum absolute atomic E-state index is 0.108. The van der Waals surface area contributed by atoms with Crippen molar-refractivity contribution in [3.8, 4) is 11.1 Å². The number of benzene rings is 3. The van der Waals surface area contributed by atoms with E-state index in [9.17, 15) is 31.5 Å². The molecule has 1 fully saturated rings. The van der Waals surface area contributed by atoms with E-state index in [2.05, 4.69) is 0 Å². The van der Waals surface area contributed by atoms with Gasteiger partial charge in [0.2, 0.25) is 5.91 Å². The van der Waals surface area contributed by atoms with E-state index in [4.69, 9.17) is 0 Å². The first kappa shape index (κ1) is 33.0. The van der Waals surface area contributed by atoms with E-state index < -0.39 is 36.4 Å². The van der Waals surface area contributed by atoms with Crippen LogP contribution in [-0.2, 0) is 17.8 Å². The predicted octanol–water partition coefficient (Wildman–Crippen LogP) is 7.84. The van der Waals surface area contributed by atoms with Gasteiger partial charge < -0.3 is 4.90 Å². The van der Waals surface area contributed by atoms with Gasteiger partial charge in [0.1, 0.15) is 6.54 Å². The third-order valence-corrected chi connectivity index (χ3v) is 9.58. The van der Waals surface area contributed by atoms with Crippen molar-refractivity contribution < 1.29 is 40.3 Å². The number of rotatable bonds is 9. The van der Waals surface area contributed by atoms with Crippen LogP contribution in [0.25, 0.3) is 11.1 Å². The zero-order chi connectivity index (χ0) is 33.7. The highest BCUT2D eigenvalue weighted by atomic mass is 19.4. The molecule has 3 aromatic rings. The number of hydrogen-bond acceptors (Lipinski definition) is 3. The number of amides is 2. The number of halogens is 7. The summed E-state index contributed by atoms with van der Waals surface area (Å²) in [6.07, 6.45) is -3.98. The molecule has 0 N–H and O–H groups in total. The van der Waals surface area contributed by atoms with Gasteiger partial charge in [-0.3, -0.25) is 14.6 Å². The number of fused-ring (bicyclic) bond motifs is 4. The molecule has 3 aliphatic rings. The van der Waals surface area contributed by atoms with Gasteiger partial charge in [-0.25, -0.2) is 5.01 Å². The lowest BCUT2D eigenvalue weighted by Crippen LogP contribution is -2.62. The van der Waals surface area contributed by atoms with Gasteiger partial charge in [0.15, 0.2) is 0 Å². The third kappa shape index (κ3) is 5.68. The fourth-order valence-electron chi connectivity index (χ4n) is 7.12. The van der Waals surface area contributed by atoms with Gasteiger partial charge in [-0.15, -0.1) is 0 Å². The molecule has 250 valence electrons. The van der Waals surface area contributed by atoms with Gasteiger partial charge in [0.05, 0.1) is 5.92 Å². The van der Waals surface area contributed by atoms with Crippen molar-refractivity contribution >= 4 is 11.8 Å². The maximum Gasteiger partial charge on any atom is 0.459 e. The van der Waals surface area contributed by atoms with Crippen LogP contribution in [0, 0.1) is 0 Å². The second-order valence-corrected chi connectivity index (χ2v) is 12.4. The monoisotopic (exact) mass is 661 g/mol. The summed E-state index contributed by atoms with van der Waals surface area (Å²) in [7, 11) is 0. The van der Waals surface area contributed by atoms with E-state index in [1.165, 1.54) is 0 Å². The molecule has 3 aromatic carbocycles. The number of piperidine rings is 1. The maximum absolute atomic E-state index is 15.2. The van der Waals surface area contributed by atoms with E-state index in [1.54, 1.807) is 47.4 Å². The molecule has 1 aliphatic carbocycles. The molecular weight excluding hydrogens is 627 g/mol. The molecule has 1 atom stereocenters. The molecule has 0 spiro atoms. The summed E-state index contributed by atoms with van der Waals surface area (Å²) in [6, 6.07) is 19.1. The second kappa shape index (κ2) is 12.3. The molecule has 12 heteroatoms. The molecule has 1 saturated heterocycles. The Bertz CT molecular complexity index is 1670. The van der Waals surface area contributed by atoms with Gasteiger partial charge in [0, 0.05) is 31.2 Å². The van der Waals surface area contributed by atoms with E-state index in [0.717, 1.165) is 29.0 Å². The predicted molar refractivity (Wildman–Crippen MR) is 161 cm³/mol. The van der Waals surface area contributed by atoms with Crippen molar-refractivity contribution in [3.05, 3.63) is 94.5 Å². The van der Waals surface area contributed by atoms with Crippen LogP contribution in [-0.4, -0.2) is 70.4 Å². The van der Waals surface area contributed by atoms with E-state index in [-0.39, 0.29) is 37.9 Å². The molecule has 2 amide bonds. The molecule has 0 bridgehead atoms. The number of carbonyl (C=O) groups excluding carboxylic acids is 2. The second-order valence-electron chi connectivity index (χ2n) is 12.4. The molecule has 1 unspecified atom stereocenters. The minimum atomic E-state index is -6.54. The number of hydrazine groups is 1. The lowest BCUT2D eigenvalue weighted by Gasteiger charge is -2.44. The first-order valence-corrected chi connectivity index (χ1v) is 15.8. The Morgan fingerprint density at radius 1 is 0.851 bits per heavy atom. The van der Waals surface area contributed by atoms with Crippen LogP contribution in [0.4, 0.5) is 30.7 Å². The summed E-state index contributed by atoms with van der Waals surface area (Å²) in [5.41, 5.74) is 4.59. The highest BCUT2D eigenvalue weighted by molar-refractivity contribution is 5.98. The van der Waals surface area contributed by atoms with Crippen molar-refractivity contribution in [2.75, 3.05) is 19.6 Å². The smallest absolute Gasteiger partial charge is 0.331 e. The Labute approximate surface area is 267 Å². The highest BCUT2D eigenvalue weighted by Gasteiger charge is 2.73. The zero-order valence-electron chi connectivity index (χ0n) is 25.7. The Balaban J connectivity index is 1.34. The van der Waals surface area contributed by atoms with Gasteiger partial charge in [-0.1, -0.05) is 74.0 Å². The Morgan fingerprint density at radius 3 is 2.15 bits per heavy atom. The van der Waals surface area contributed by atoms with Crippen LogP contribution < -0.4 is 0 Å². The fraction of sp³-hybridized carbons (Fsp3) is 0.429. The quantitative estimate of drug-likeness (QED) is 0.220. The largest absolute Gasteiger partial charge is 0.459 e. The average Bonchev–Trinajstić information content (AvgIpc) is 3.57. The number of alkyl halides is 7. The highest BCUT2D eigenvalue weighted by Crippen LogP contribution is 2.50. The summed E-state index contributed by atoms with van der Waals surface area (Å²) in [6.45, 7) is -0.0500. The van der Waals surface area contributed by atoms with Crippen molar-refractivity contribution in [2.45, 2.75) is 75.6 Å². The van der Waals surface area contributed by atoms with Crippen molar-refractivity contribution in [3.63, 3.8) is 0 Å². The number of aryl methyl sites for hydroxylation is 1. The van der Waals surface area contributed by atoms with Crippen molar-refractivity contribution in [2.24, 2.45) is 0 Å². The fourth-order valence-corrected chi connectivity index (χ4v) is 7.12. The van der Waals surface area contributed by atoms with E-state index in [0.29, 0.717) is 45.8 Å². The van der Waals surface area contributed by atoms with Gasteiger partial charge in [-0.2, -0.15) is 30.7 Å². The van der Waals surface area contributed by atoms with Crippen LogP contribution in [0.5, 0.6) is 0 Å². The Kier molecular flexibility index (Phi) is 8.61. The molecule has 0 radical (unpaired) electrons. The Hall–Kier alpha value is -3.93. The number of nitrogens with zero attached hydrogens (tertiary/aromatic N) is 3. The molecule has 0 aromatic heterocycles. The van der Waals surface area contributed by atoms with Crippen LogP contribution >= 0.6 is 0 Å². The normalized spacial score (nSPS) is 18.7. The molecule has 0 saturated carbocycles. The summed E-state index contributed by atoms with van der Waals surface area (Å²) in [5, 5.41) is 1.58. The number of unbranched alkanes of at least 4 members (excludes halogenated alkanes) is 1. The van der Waals surface area contributed by atoms with Crippen LogP contribution in [0.15, 0.2) is 66.7 Å². The third-order valence-electron chi connectivity index (χ3n) is 9.58. The summed E-state index contributed by atoms with van der Waals surface area (Å²) in [5.74, 6) is -14.4. The van der Waals surface area contributed by atoms with Gasteiger partial charge >= 0.3 is 18.0 Å². The molecule has 5 nitrogen and oxygen atoms in total. The van der Waals surface area contributed by atoms with Crippen LogP contribution in [0.2, 0.25) is 0 Å². The van der Waals surface area contributed by atoms with Gasteiger partial charge in [0.25, 0.3) is 5.91 Å². The summed E-state index contributed by atoms with van der Waals surface area (Å²) in [4.78, 5) is 29.3. The van der Waals surface area contributed by atoms with E-state index >= 15 is 8.78 Å². The Morgan fingerprint density at radius 2 is 1.49 bits per heavy atom. The first-order valence-electron chi connectivity index (χ1n) is 15.8. The molecule has 47 heavy (non-hydrogen) atoms. The molecule has 6 rings (SSSR count). The average molecular weight is 662 g/mol. The minimum Gasteiger partial charge on any atom is -0.331 e. The van der Waals surface area contributed by atoms with Crippen LogP contribution in [0.1, 0.15) is 71.1 Å². The first-order chi connectivity index (χ1) is 22.3. The number of carbonyl (C=O) groups is 2.